The molecule has 0 aromatic heterocycles. The van der Waals surface area contributed by atoms with Gasteiger partial charge in [0.2, 0.25) is 5.96 Å². The predicted octanol–water partition coefficient (Wildman–Crippen LogP) is 5.15. The summed E-state index contributed by atoms with van der Waals surface area (Å²) in [7, 11) is -0.205. The van der Waals surface area contributed by atoms with Crippen LogP contribution in [0.5, 0.6) is 0 Å². The van der Waals surface area contributed by atoms with Crippen molar-refractivity contribution < 1.29 is 13.7 Å². The standard InChI is InChI=1S/C20H43N4O3P/c1-7-9-11-13-15-23-17-18-24(16-14-12-10-8-2)20(23)21-28(25,26-19(3)4)27-22(5)6/h19H,7-18H2,1-6H3. The number of hydrogen-bond donors (Lipinski definition) is 0. The second kappa shape index (κ2) is 13.6. The van der Waals surface area contributed by atoms with Crippen molar-refractivity contribution in [1.29, 1.82) is 0 Å². The fourth-order valence-electron chi connectivity index (χ4n) is 3.29. The van der Waals surface area contributed by atoms with Crippen LogP contribution in [0.25, 0.3) is 0 Å². The van der Waals surface area contributed by atoms with Crippen LogP contribution in [0.3, 0.4) is 0 Å². The van der Waals surface area contributed by atoms with E-state index in [0.717, 1.165) is 45.0 Å². The number of nitrogens with zero attached hydrogens (tertiary/aromatic N) is 4. The lowest BCUT2D eigenvalue weighted by Crippen LogP contribution is -2.35. The molecule has 1 aliphatic heterocycles. The van der Waals surface area contributed by atoms with Gasteiger partial charge >= 0.3 is 7.75 Å². The van der Waals surface area contributed by atoms with Gasteiger partial charge in [0.05, 0.1) is 6.10 Å². The van der Waals surface area contributed by atoms with E-state index in [2.05, 4.69) is 28.4 Å². The van der Waals surface area contributed by atoms with Gasteiger partial charge in [-0.15, -0.1) is 4.76 Å². The summed E-state index contributed by atoms with van der Waals surface area (Å²) in [5.74, 6) is 0.777. The highest BCUT2D eigenvalue weighted by molar-refractivity contribution is 7.52. The molecule has 0 aromatic carbocycles. The van der Waals surface area contributed by atoms with Crippen molar-refractivity contribution in [3.63, 3.8) is 0 Å². The maximum absolute atomic E-state index is 13.3. The minimum Gasteiger partial charge on any atom is -0.341 e. The average Bonchev–Trinajstić information content (AvgIpc) is 2.95. The van der Waals surface area contributed by atoms with Crippen LogP contribution in [0, 0.1) is 0 Å². The van der Waals surface area contributed by atoms with Crippen molar-refractivity contribution in [2.75, 3.05) is 40.3 Å². The van der Waals surface area contributed by atoms with Crippen LogP contribution in [0.2, 0.25) is 0 Å². The monoisotopic (exact) mass is 418 g/mol. The Morgan fingerprint density at radius 2 is 1.46 bits per heavy atom. The van der Waals surface area contributed by atoms with Gasteiger partial charge in [-0.25, -0.2) is 4.57 Å². The summed E-state index contributed by atoms with van der Waals surface area (Å²) in [6.45, 7) is 11.9. The van der Waals surface area contributed by atoms with E-state index in [4.69, 9.17) is 9.15 Å². The van der Waals surface area contributed by atoms with Gasteiger partial charge in [-0.1, -0.05) is 52.4 Å². The number of unbranched alkanes of at least 4 members (excludes halogenated alkanes) is 6. The van der Waals surface area contributed by atoms with Gasteiger partial charge in [-0.05, 0) is 26.7 Å². The highest BCUT2D eigenvalue weighted by atomic mass is 31.2. The van der Waals surface area contributed by atoms with Crippen LogP contribution in [0.1, 0.15) is 79.1 Å². The van der Waals surface area contributed by atoms with Crippen LogP contribution in [-0.4, -0.2) is 67.2 Å². The minimum absolute atomic E-state index is 0.229. The van der Waals surface area contributed by atoms with Gasteiger partial charge in [0.15, 0.2) is 0 Å². The Morgan fingerprint density at radius 3 is 1.86 bits per heavy atom. The van der Waals surface area contributed by atoms with Crippen LogP contribution in [0.4, 0.5) is 0 Å². The normalized spacial score (nSPS) is 17.1. The first kappa shape index (κ1) is 25.4. The molecule has 0 radical (unpaired) electrons. The fourth-order valence-corrected chi connectivity index (χ4v) is 4.83. The van der Waals surface area contributed by atoms with E-state index < -0.39 is 7.75 Å². The maximum atomic E-state index is 13.3. The summed E-state index contributed by atoms with van der Waals surface area (Å²) in [5, 5.41) is 1.42. The second-order valence-corrected chi connectivity index (χ2v) is 9.52. The van der Waals surface area contributed by atoms with E-state index in [1.54, 1.807) is 14.1 Å². The molecule has 0 bridgehead atoms. The molecule has 0 spiro atoms. The van der Waals surface area contributed by atoms with E-state index in [0.29, 0.717) is 0 Å². The third kappa shape index (κ3) is 9.73. The van der Waals surface area contributed by atoms with Gasteiger partial charge < -0.3 is 9.80 Å². The van der Waals surface area contributed by atoms with E-state index >= 15 is 0 Å². The number of hydrogen-bond acceptors (Lipinski definition) is 4. The molecule has 1 unspecified atom stereocenters. The first-order chi connectivity index (χ1) is 13.3. The van der Waals surface area contributed by atoms with Crippen LogP contribution in [-0.2, 0) is 13.7 Å². The van der Waals surface area contributed by atoms with Crippen molar-refractivity contribution in [2.45, 2.75) is 85.2 Å². The summed E-state index contributed by atoms with van der Waals surface area (Å²) < 4.78 is 29.1. The van der Waals surface area contributed by atoms with Crippen LogP contribution >= 0.6 is 7.75 Å². The average molecular weight is 419 g/mol. The van der Waals surface area contributed by atoms with Gasteiger partial charge in [-0.3, -0.25) is 4.52 Å². The van der Waals surface area contributed by atoms with Gasteiger partial charge in [-0.2, -0.15) is 9.69 Å². The molecule has 1 heterocycles. The molecule has 166 valence electrons. The molecule has 0 amide bonds. The molecule has 0 aromatic rings. The molecule has 0 N–H and O–H groups in total. The molecular formula is C20H43N4O3P. The first-order valence-electron chi connectivity index (χ1n) is 11.1. The molecule has 1 atom stereocenters. The molecule has 1 saturated heterocycles. The smallest absolute Gasteiger partial charge is 0.341 e. The SMILES string of the molecule is CCCCCCN1CCN(CCCCCC)C1=NP(=O)(OC(C)C)ON(C)C. The Labute approximate surface area is 173 Å². The maximum Gasteiger partial charge on any atom is 0.473 e. The Hall–Kier alpha value is -0.620. The van der Waals surface area contributed by atoms with Gasteiger partial charge in [0.25, 0.3) is 0 Å². The summed E-state index contributed by atoms with van der Waals surface area (Å²) in [6.07, 6.45) is 9.39. The molecule has 28 heavy (non-hydrogen) atoms. The first-order valence-corrected chi connectivity index (χ1v) is 12.6. The summed E-state index contributed by atoms with van der Waals surface area (Å²) in [6, 6.07) is 0. The zero-order valence-corrected chi connectivity index (χ0v) is 19.9. The van der Waals surface area contributed by atoms with E-state index in [-0.39, 0.29) is 6.10 Å². The lowest BCUT2D eigenvalue weighted by molar-refractivity contribution is -0.0260. The van der Waals surface area contributed by atoms with Crippen LogP contribution < -0.4 is 0 Å². The predicted molar refractivity (Wildman–Crippen MR) is 117 cm³/mol. The Morgan fingerprint density at radius 1 is 0.964 bits per heavy atom. The summed E-state index contributed by atoms with van der Waals surface area (Å²) in [4.78, 5) is 4.51. The largest absolute Gasteiger partial charge is 0.473 e. The molecule has 8 heteroatoms. The minimum atomic E-state index is -3.61. The molecular weight excluding hydrogens is 375 g/mol. The van der Waals surface area contributed by atoms with Crippen LogP contribution in [0.15, 0.2) is 4.76 Å². The highest BCUT2D eigenvalue weighted by Gasteiger charge is 2.34. The number of hydroxylamine groups is 2. The molecule has 1 fully saturated rings. The Bertz CT molecular complexity index is 464. The zero-order chi connectivity index (χ0) is 21.0. The van der Waals surface area contributed by atoms with E-state index in [1.807, 2.05) is 13.8 Å². The Kier molecular flexibility index (Phi) is 12.3. The topological polar surface area (TPSA) is 57.6 Å². The third-order valence-electron chi connectivity index (χ3n) is 4.59. The number of rotatable bonds is 15. The van der Waals surface area contributed by atoms with Crippen molar-refractivity contribution >= 4 is 13.7 Å². The lowest BCUT2D eigenvalue weighted by Gasteiger charge is -2.26. The number of guanidine groups is 1. The molecule has 1 rings (SSSR count). The highest BCUT2D eigenvalue weighted by Crippen LogP contribution is 2.52. The zero-order valence-electron chi connectivity index (χ0n) is 19.0. The molecule has 0 aliphatic carbocycles. The lowest BCUT2D eigenvalue weighted by atomic mass is 10.2. The molecule has 0 saturated carbocycles. The van der Waals surface area contributed by atoms with Gasteiger partial charge in [0.1, 0.15) is 0 Å². The van der Waals surface area contributed by atoms with Crippen molar-refractivity contribution in [3.8, 4) is 0 Å². The van der Waals surface area contributed by atoms with Gasteiger partial charge in [0, 0.05) is 40.3 Å². The molecule has 7 nitrogen and oxygen atoms in total. The Balaban J connectivity index is 2.95. The quantitative estimate of drug-likeness (QED) is 0.208. The third-order valence-corrected chi connectivity index (χ3v) is 6.24. The van der Waals surface area contributed by atoms with Crippen molar-refractivity contribution in [1.82, 2.24) is 14.9 Å². The second-order valence-electron chi connectivity index (χ2n) is 8.01. The fraction of sp³-hybridized carbons (Fsp3) is 0.950. The summed E-state index contributed by atoms with van der Waals surface area (Å²) >= 11 is 0. The van der Waals surface area contributed by atoms with E-state index in [9.17, 15) is 4.57 Å². The van der Waals surface area contributed by atoms with Crippen molar-refractivity contribution in [3.05, 3.63) is 0 Å². The van der Waals surface area contributed by atoms with Crippen molar-refractivity contribution in [2.24, 2.45) is 4.76 Å². The van der Waals surface area contributed by atoms with E-state index in [1.165, 1.54) is 43.6 Å². The molecule has 1 aliphatic rings. The summed E-state index contributed by atoms with van der Waals surface area (Å²) in [5.41, 5.74) is 0.